The maximum atomic E-state index is 13.4. The van der Waals surface area contributed by atoms with Crippen molar-refractivity contribution in [2.75, 3.05) is 24.4 Å². The molecule has 0 aliphatic heterocycles. The molecule has 1 atom stereocenters. The van der Waals surface area contributed by atoms with Crippen molar-refractivity contribution >= 4 is 52.8 Å². The molecule has 1 aromatic heterocycles. The Labute approximate surface area is 309 Å². The summed E-state index contributed by atoms with van der Waals surface area (Å²) in [6.07, 6.45) is -4.04. The second-order valence-corrected chi connectivity index (χ2v) is 12.5. The molecule has 0 saturated heterocycles. The summed E-state index contributed by atoms with van der Waals surface area (Å²) >= 11 is 6.01. The third kappa shape index (κ3) is 10.8. The van der Waals surface area contributed by atoms with Crippen LogP contribution in [-0.4, -0.2) is 64.5 Å². The zero-order chi connectivity index (χ0) is 39.0. The normalized spacial score (nSPS) is 13.6. The molecule has 0 unspecified atom stereocenters. The summed E-state index contributed by atoms with van der Waals surface area (Å²) in [6, 6.07) is 13.7. The van der Waals surface area contributed by atoms with E-state index in [2.05, 4.69) is 36.2 Å². The van der Waals surface area contributed by atoms with Gasteiger partial charge in [-0.25, -0.2) is 13.6 Å². The predicted octanol–water partition coefficient (Wildman–Crippen LogP) is 5.53. The van der Waals surface area contributed by atoms with Gasteiger partial charge in [-0.1, -0.05) is 29.8 Å². The lowest BCUT2D eigenvalue weighted by Gasteiger charge is -2.19. The number of nitrogens with one attached hydrogen (secondary N) is 4. The number of methoxy groups -OCH3 is 1. The summed E-state index contributed by atoms with van der Waals surface area (Å²) in [5, 5.41) is 11.3. The zero-order valence-corrected chi connectivity index (χ0v) is 29.0. The number of nitrogens with zero attached hydrogens (tertiary/aromatic N) is 3. The van der Waals surface area contributed by atoms with E-state index in [4.69, 9.17) is 21.1 Å². The van der Waals surface area contributed by atoms with Gasteiger partial charge in [-0.15, -0.1) is 0 Å². The van der Waals surface area contributed by atoms with Crippen LogP contribution >= 0.6 is 11.6 Å². The fraction of sp³-hybridized carbons (Fsp3) is 0.286. The van der Waals surface area contributed by atoms with Crippen LogP contribution in [0.4, 0.5) is 39.5 Å². The van der Waals surface area contributed by atoms with Crippen LogP contribution in [0.5, 0.6) is 6.01 Å². The van der Waals surface area contributed by atoms with E-state index < -0.39 is 72.0 Å². The van der Waals surface area contributed by atoms with Crippen molar-refractivity contribution in [2.24, 2.45) is 0 Å². The quantitative estimate of drug-likeness (QED) is 0.0641. The Kier molecular flexibility index (Phi) is 12.3. The van der Waals surface area contributed by atoms with E-state index in [0.717, 1.165) is 24.8 Å². The van der Waals surface area contributed by atoms with Crippen LogP contribution in [0.1, 0.15) is 47.2 Å². The monoisotopic (exact) mass is 775 g/mol. The molecule has 4 N–H and O–H groups in total. The van der Waals surface area contributed by atoms with E-state index in [0.29, 0.717) is 23.6 Å². The molecule has 0 spiro atoms. The van der Waals surface area contributed by atoms with E-state index >= 15 is 0 Å². The highest BCUT2D eigenvalue weighted by Crippen LogP contribution is 2.48. The molecule has 5 rings (SSSR count). The van der Waals surface area contributed by atoms with Crippen molar-refractivity contribution in [3.05, 3.63) is 100 Å². The lowest BCUT2D eigenvalue weighted by molar-refractivity contribution is -0.154. The van der Waals surface area contributed by atoms with Gasteiger partial charge in [0.1, 0.15) is 6.04 Å². The number of hydrogen-bond donors (Lipinski definition) is 4. The molecule has 54 heavy (non-hydrogen) atoms. The van der Waals surface area contributed by atoms with E-state index in [9.17, 15) is 41.1 Å². The van der Waals surface area contributed by atoms with Crippen LogP contribution in [0, 0.1) is 11.6 Å². The van der Waals surface area contributed by atoms with Gasteiger partial charge in [0.25, 0.3) is 11.8 Å². The zero-order valence-electron chi connectivity index (χ0n) is 28.2. The van der Waals surface area contributed by atoms with E-state index in [1.807, 2.05) is 12.1 Å². The van der Waals surface area contributed by atoms with Crippen molar-refractivity contribution < 1.29 is 50.6 Å². The van der Waals surface area contributed by atoms with Gasteiger partial charge in [-0.05, 0) is 78.9 Å². The molecule has 284 valence electrons. The minimum atomic E-state index is -4.66. The average Bonchev–Trinajstić information content (AvgIpc) is 3.92. The molecule has 1 aliphatic carbocycles. The first-order valence-electron chi connectivity index (χ1n) is 16.1. The lowest BCUT2D eigenvalue weighted by atomic mass is 10.1. The Hall–Kier alpha value is -5.91. The fourth-order valence-electron chi connectivity index (χ4n) is 5.06. The standard InChI is InChI=1S/C35H31ClF5N7O6/c1-53-30(52)26(12-13-27(49)29(51)42-17-19-2-11-24(37)25(38)16-19)44-28(50)20-3-9-23(10-4-20)43-31-45-32(47-33(46-31)54-18-35(39,40)41)48-34(14-15-34)21-5-7-22(36)8-6-21/h2-11,16,26H,12-15,17-18H2,1H3,(H,42,51)(H,44,50)(H2,43,45,46,47,48)/t26-/m0/s1. The van der Waals surface area contributed by atoms with Crippen LogP contribution in [0.25, 0.3) is 0 Å². The topological polar surface area (TPSA) is 174 Å². The number of amides is 2. The fourth-order valence-corrected chi connectivity index (χ4v) is 5.19. The minimum Gasteiger partial charge on any atom is -0.467 e. The SMILES string of the molecule is COC(=O)[C@H](CCC(=O)C(=O)NCc1ccc(F)c(F)c1)NC(=O)c1ccc(Nc2nc(NC3(c4ccc(Cl)cc4)CC3)nc(OCC(F)(F)F)n2)cc1. The number of hydrogen-bond acceptors (Lipinski definition) is 11. The molecule has 1 aliphatic rings. The van der Waals surface area contributed by atoms with Crippen molar-refractivity contribution in [1.82, 2.24) is 25.6 Å². The van der Waals surface area contributed by atoms with E-state index in [-0.39, 0.29) is 36.0 Å². The number of Topliss-reactive ketones (excluding diaryl/α,β-unsaturated/α-hetero) is 1. The maximum Gasteiger partial charge on any atom is 0.422 e. The lowest BCUT2D eigenvalue weighted by Crippen LogP contribution is -2.42. The summed E-state index contributed by atoms with van der Waals surface area (Å²) in [5.41, 5.74) is 0.887. The number of carbonyl (C=O) groups excluding carboxylic acids is 4. The van der Waals surface area contributed by atoms with Gasteiger partial charge < -0.3 is 30.7 Å². The van der Waals surface area contributed by atoms with Gasteiger partial charge >= 0.3 is 18.2 Å². The Morgan fingerprint density at radius 1 is 0.907 bits per heavy atom. The number of carbonyl (C=O) groups is 4. The summed E-state index contributed by atoms with van der Waals surface area (Å²) in [7, 11) is 1.07. The average molecular weight is 776 g/mol. The number of alkyl halides is 3. The Morgan fingerprint density at radius 2 is 1.59 bits per heavy atom. The van der Waals surface area contributed by atoms with Gasteiger partial charge in [0.2, 0.25) is 17.7 Å². The summed E-state index contributed by atoms with van der Waals surface area (Å²) in [6.45, 7) is -1.90. The Morgan fingerprint density at radius 3 is 2.22 bits per heavy atom. The number of esters is 1. The van der Waals surface area contributed by atoms with E-state index in [1.54, 1.807) is 12.1 Å². The van der Waals surface area contributed by atoms with Crippen LogP contribution in [0.15, 0.2) is 66.7 Å². The maximum absolute atomic E-state index is 13.4. The summed E-state index contributed by atoms with van der Waals surface area (Å²) in [5.74, 6) is -6.01. The second kappa shape index (κ2) is 16.8. The van der Waals surface area contributed by atoms with Gasteiger partial charge in [0.15, 0.2) is 18.2 Å². The first kappa shape index (κ1) is 39.3. The van der Waals surface area contributed by atoms with Gasteiger partial charge in [0.05, 0.1) is 12.6 Å². The van der Waals surface area contributed by atoms with Crippen molar-refractivity contribution in [3.63, 3.8) is 0 Å². The number of ketones is 1. The third-order valence-corrected chi connectivity index (χ3v) is 8.27. The smallest absolute Gasteiger partial charge is 0.422 e. The highest BCUT2D eigenvalue weighted by Gasteiger charge is 2.45. The Balaban J connectivity index is 1.21. The van der Waals surface area contributed by atoms with Crippen molar-refractivity contribution in [3.8, 4) is 6.01 Å². The number of halogens is 6. The molecule has 1 fully saturated rings. The minimum absolute atomic E-state index is 0.0544. The molecule has 1 heterocycles. The first-order valence-corrected chi connectivity index (χ1v) is 16.5. The first-order chi connectivity index (χ1) is 25.6. The summed E-state index contributed by atoms with van der Waals surface area (Å²) in [4.78, 5) is 62.4. The van der Waals surface area contributed by atoms with Gasteiger partial charge in [-0.3, -0.25) is 14.4 Å². The molecule has 3 aromatic carbocycles. The molecule has 1 saturated carbocycles. The number of anilines is 3. The van der Waals surface area contributed by atoms with Crippen molar-refractivity contribution in [2.45, 2.75) is 50.0 Å². The predicted molar refractivity (Wildman–Crippen MR) is 183 cm³/mol. The molecular formula is C35H31ClF5N7O6. The number of ether oxygens (including phenoxy) is 2. The highest BCUT2D eigenvalue weighted by atomic mass is 35.5. The molecule has 19 heteroatoms. The highest BCUT2D eigenvalue weighted by molar-refractivity contribution is 6.36. The molecular weight excluding hydrogens is 745 g/mol. The number of benzene rings is 3. The number of rotatable bonds is 16. The molecule has 4 aromatic rings. The largest absolute Gasteiger partial charge is 0.467 e. The van der Waals surface area contributed by atoms with Crippen LogP contribution in [0.3, 0.4) is 0 Å². The third-order valence-electron chi connectivity index (χ3n) is 8.02. The van der Waals surface area contributed by atoms with E-state index in [1.165, 1.54) is 30.3 Å². The van der Waals surface area contributed by atoms with Gasteiger partial charge in [0, 0.05) is 29.2 Å². The van der Waals surface area contributed by atoms with Crippen LogP contribution < -0.4 is 26.0 Å². The number of aromatic nitrogens is 3. The van der Waals surface area contributed by atoms with Crippen LogP contribution in [0.2, 0.25) is 5.02 Å². The molecule has 0 radical (unpaired) electrons. The second-order valence-electron chi connectivity index (χ2n) is 12.0. The summed E-state index contributed by atoms with van der Waals surface area (Å²) < 4.78 is 74.9. The Bertz CT molecular complexity index is 2020. The van der Waals surface area contributed by atoms with Crippen molar-refractivity contribution in [1.29, 1.82) is 0 Å². The molecule has 0 bridgehead atoms. The van der Waals surface area contributed by atoms with Crippen LogP contribution in [-0.2, 0) is 31.2 Å². The molecule has 2 amide bonds. The molecule has 13 nitrogen and oxygen atoms in total. The van der Waals surface area contributed by atoms with Gasteiger partial charge in [-0.2, -0.15) is 28.1 Å².